The van der Waals surface area contributed by atoms with Crippen LogP contribution in [0.2, 0.25) is 0 Å². The van der Waals surface area contributed by atoms with Crippen molar-refractivity contribution in [1.82, 2.24) is 29.9 Å². The summed E-state index contributed by atoms with van der Waals surface area (Å²) in [5.74, 6) is 0.594. The van der Waals surface area contributed by atoms with Gasteiger partial charge in [-0.25, -0.2) is 4.98 Å². The molecule has 0 saturated heterocycles. The summed E-state index contributed by atoms with van der Waals surface area (Å²) in [6, 6.07) is 9.25. The average Bonchev–Trinajstić information content (AvgIpc) is 3.29. The van der Waals surface area contributed by atoms with Crippen molar-refractivity contribution in [3.8, 4) is 10.6 Å². The summed E-state index contributed by atoms with van der Waals surface area (Å²) in [7, 11) is 0. The number of hydrogen-bond donors (Lipinski definition) is 1. The fourth-order valence-corrected chi connectivity index (χ4v) is 3.50. The molecule has 8 heteroatoms. The van der Waals surface area contributed by atoms with E-state index in [0.29, 0.717) is 5.82 Å². The van der Waals surface area contributed by atoms with E-state index in [1.54, 1.807) is 12.4 Å². The summed E-state index contributed by atoms with van der Waals surface area (Å²) in [4.78, 5) is 21.0. The lowest BCUT2D eigenvalue weighted by atomic mass is 10.2. The van der Waals surface area contributed by atoms with Gasteiger partial charge in [0.15, 0.2) is 11.5 Å². The number of thiazole rings is 1. The summed E-state index contributed by atoms with van der Waals surface area (Å²) in [6.07, 6.45) is 5.59. The van der Waals surface area contributed by atoms with Crippen LogP contribution in [-0.4, -0.2) is 30.5 Å². The number of hydrogen-bond acceptors (Lipinski definition) is 6. The topological polar surface area (TPSA) is 85.1 Å². The first-order valence-electron chi connectivity index (χ1n) is 8.14. The molecular formula is C18H16N6OS. The van der Waals surface area contributed by atoms with Crippen LogP contribution in [-0.2, 0) is 11.2 Å². The quantitative estimate of drug-likeness (QED) is 0.588. The molecule has 0 radical (unpaired) electrons. The van der Waals surface area contributed by atoms with Gasteiger partial charge in [0.1, 0.15) is 5.01 Å². The minimum Gasteiger partial charge on any atom is -0.346 e. The molecule has 4 aromatic heterocycles. The number of nitrogens with one attached hydrogen (secondary N) is 1. The number of carbonyl (C=O) groups is 1. The molecule has 0 aliphatic heterocycles. The van der Waals surface area contributed by atoms with Gasteiger partial charge in [-0.15, -0.1) is 21.5 Å². The molecule has 0 unspecified atom stereocenters. The Morgan fingerprint density at radius 3 is 3.04 bits per heavy atom. The van der Waals surface area contributed by atoms with Gasteiger partial charge >= 0.3 is 0 Å². The first-order chi connectivity index (χ1) is 12.7. The molecule has 0 saturated carbocycles. The van der Waals surface area contributed by atoms with Crippen LogP contribution in [0, 0.1) is 0 Å². The molecule has 0 aliphatic rings. The highest BCUT2D eigenvalue weighted by Gasteiger charge is 2.17. The fraction of sp³-hybridized carbons (Fsp3) is 0.167. The van der Waals surface area contributed by atoms with E-state index >= 15 is 0 Å². The van der Waals surface area contributed by atoms with E-state index in [1.165, 1.54) is 11.3 Å². The number of aromatic nitrogens is 5. The minimum absolute atomic E-state index is 0.104. The third kappa shape index (κ3) is 3.31. The zero-order valence-electron chi connectivity index (χ0n) is 14.0. The second kappa shape index (κ2) is 7.01. The number of rotatable bonds is 5. The maximum Gasteiger partial charge on any atom is 0.226 e. The number of nitrogens with zero attached hydrogens (tertiary/aromatic N) is 5. The lowest BCUT2D eigenvalue weighted by Crippen LogP contribution is -2.29. The highest BCUT2D eigenvalue weighted by Crippen LogP contribution is 2.23. The van der Waals surface area contributed by atoms with Crippen molar-refractivity contribution in [3.63, 3.8) is 0 Å². The Hall–Kier alpha value is -3.13. The fourth-order valence-electron chi connectivity index (χ4n) is 2.69. The normalized spacial score (nSPS) is 12.2. The van der Waals surface area contributed by atoms with E-state index in [1.807, 2.05) is 53.2 Å². The van der Waals surface area contributed by atoms with Gasteiger partial charge < -0.3 is 5.32 Å². The Labute approximate surface area is 153 Å². The highest BCUT2D eigenvalue weighted by atomic mass is 32.1. The molecule has 0 spiro atoms. The van der Waals surface area contributed by atoms with E-state index in [9.17, 15) is 4.79 Å². The van der Waals surface area contributed by atoms with Crippen LogP contribution in [0.15, 0.2) is 54.3 Å². The highest BCUT2D eigenvalue weighted by molar-refractivity contribution is 7.13. The molecule has 1 amide bonds. The summed E-state index contributed by atoms with van der Waals surface area (Å²) >= 11 is 1.51. The van der Waals surface area contributed by atoms with Crippen molar-refractivity contribution < 1.29 is 4.79 Å². The molecule has 4 heterocycles. The van der Waals surface area contributed by atoms with Gasteiger partial charge in [0.25, 0.3) is 0 Å². The lowest BCUT2D eigenvalue weighted by Gasteiger charge is -2.11. The third-order valence-electron chi connectivity index (χ3n) is 3.91. The maximum absolute atomic E-state index is 12.4. The Balaban J connectivity index is 1.43. The van der Waals surface area contributed by atoms with Gasteiger partial charge in [0, 0.05) is 29.5 Å². The molecule has 26 heavy (non-hydrogen) atoms. The number of amides is 1. The largest absolute Gasteiger partial charge is 0.346 e. The Bertz CT molecular complexity index is 1040. The Morgan fingerprint density at radius 2 is 2.19 bits per heavy atom. The van der Waals surface area contributed by atoms with Crippen molar-refractivity contribution >= 4 is 22.9 Å². The van der Waals surface area contributed by atoms with Crippen LogP contribution in [0.5, 0.6) is 0 Å². The SMILES string of the molecule is C[C@H](NC(=O)Cc1csc(-c2cccnc2)n1)c1nnc2ccccn12. The van der Waals surface area contributed by atoms with Crippen molar-refractivity contribution in [2.45, 2.75) is 19.4 Å². The standard InChI is InChI=1S/C18H16N6OS/c1-12(17-23-22-15-6-2-3-8-24(15)17)20-16(25)9-14-11-26-18(21-14)13-5-4-7-19-10-13/h2-8,10-12H,9H2,1H3,(H,20,25)/t12-/m0/s1. The van der Waals surface area contributed by atoms with E-state index in [-0.39, 0.29) is 18.4 Å². The van der Waals surface area contributed by atoms with E-state index in [4.69, 9.17) is 0 Å². The first kappa shape index (κ1) is 16.3. The number of carbonyl (C=O) groups excluding carboxylic acids is 1. The van der Waals surface area contributed by atoms with Crippen LogP contribution in [0.1, 0.15) is 24.5 Å². The third-order valence-corrected chi connectivity index (χ3v) is 4.85. The van der Waals surface area contributed by atoms with E-state index in [0.717, 1.165) is 21.9 Å². The van der Waals surface area contributed by atoms with E-state index in [2.05, 4.69) is 25.5 Å². The average molecular weight is 364 g/mol. The molecule has 0 aromatic carbocycles. The van der Waals surface area contributed by atoms with Gasteiger partial charge in [-0.05, 0) is 31.2 Å². The smallest absolute Gasteiger partial charge is 0.226 e. The molecule has 0 fully saturated rings. The lowest BCUT2D eigenvalue weighted by molar-refractivity contribution is -0.121. The first-order valence-corrected chi connectivity index (χ1v) is 9.02. The molecule has 130 valence electrons. The summed E-state index contributed by atoms with van der Waals surface area (Å²) in [5.41, 5.74) is 2.45. The van der Waals surface area contributed by atoms with Gasteiger partial charge in [-0.2, -0.15) is 0 Å². The van der Waals surface area contributed by atoms with Gasteiger partial charge in [-0.1, -0.05) is 6.07 Å². The molecule has 0 bridgehead atoms. The summed E-state index contributed by atoms with van der Waals surface area (Å²) < 4.78 is 1.87. The number of fused-ring (bicyclic) bond motifs is 1. The molecule has 0 aliphatic carbocycles. The second-order valence-electron chi connectivity index (χ2n) is 5.84. The van der Waals surface area contributed by atoms with Crippen LogP contribution in [0.4, 0.5) is 0 Å². The molecule has 1 atom stereocenters. The second-order valence-corrected chi connectivity index (χ2v) is 6.70. The zero-order valence-corrected chi connectivity index (χ0v) is 14.8. The molecule has 1 N–H and O–H groups in total. The Morgan fingerprint density at radius 1 is 1.27 bits per heavy atom. The van der Waals surface area contributed by atoms with E-state index < -0.39 is 0 Å². The maximum atomic E-state index is 12.4. The van der Waals surface area contributed by atoms with Crippen molar-refractivity contribution in [2.24, 2.45) is 0 Å². The van der Waals surface area contributed by atoms with Crippen molar-refractivity contribution in [2.75, 3.05) is 0 Å². The van der Waals surface area contributed by atoms with Crippen LogP contribution in [0.25, 0.3) is 16.2 Å². The van der Waals surface area contributed by atoms with Gasteiger partial charge in [-0.3, -0.25) is 14.2 Å². The van der Waals surface area contributed by atoms with Crippen LogP contribution in [0.3, 0.4) is 0 Å². The molecule has 4 aromatic rings. The van der Waals surface area contributed by atoms with Crippen molar-refractivity contribution in [1.29, 1.82) is 0 Å². The predicted molar refractivity (Wildman–Crippen MR) is 98.6 cm³/mol. The predicted octanol–water partition coefficient (Wildman–Crippen LogP) is 2.67. The molecular weight excluding hydrogens is 348 g/mol. The Kier molecular flexibility index (Phi) is 4.40. The zero-order chi connectivity index (χ0) is 17.9. The number of pyridine rings is 2. The monoisotopic (exact) mass is 364 g/mol. The molecule has 4 rings (SSSR count). The summed E-state index contributed by atoms with van der Waals surface area (Å²) in [5, 5.41) is 14.0. The van der Waals surface area contributed by atoms with Gasteiger partial charge in [0.05, 0.1) is 18.2 Å². The van der Waals surface area contributed by atoms with Crippen molar-refractivity contribution in [3.05, 3.63) is 65.8 Å². The van der Waals surface area contributed by atoms with Gasteiger partial charge in [0.2, 0.25) is 5.91 Å². The van der Waals surface area contributed by atoms with Crippen LogP contribution < -0.4 is 5.32 Å². The van der Waals surface area contributed by atoms with Crippen LogP contribution >= 0.6 is 11.3 Å². The summed E-state index contributed by atoms with van der Waals surface area (Å²) in [6.45, 7) is 1.89. The minimum atomic E-state index is -0.253. The molecule has 7 nitrogen and oxygen atoms in total.